The van der Waals surface area contributed by atoms with Crippen LogP contribution in [-0.2, 0) is 9.59 Å². The number of rotatable bonds is 8. The van der Waals surface area contributed by atoms with Crippen LogP contribution in [0.3, 0.4) is 0 Å². The average molecular weight is 411 g/mol. The summed E-state index contributed by atoms with van der Waals surface area (Å²) in [5.41, 5.74) is 1.66. The van der Waals surface area contributed by atoms with Gasteiger partial charge in [-0.1, -0.05) is 25.1 Å². The van der Waals surface area contributed by atoms with Crippen molar-refractivity contribution in [2.24, 2.45) is 0 Å². The first-order valence-corrected chi connectivity index (χ1v) is 10.5. The van der Waals surface area contributed by atoms with E-state index in [1.807, 2.05) is 37.3 Å². The maximum atomic E-state index is 12.4. The van der Waals surface area contributed by atoms with Gasteiger partial charge in [-0.25, -0.2) is 4.98 Å². The minimum absolute atomic E-state index is 0.0190. The van der Waals surface area contributed by atoms with Crippen LogP contribution < -0.4 is 15.4 Å². The number of hydrogen-bond acceptors (Lipinski definition) is 5. The Bertz CT molecular complexity index is 904. The summed E-state index contributed by atoms with van der Waals surface area (Å²) in [6, 6.07) is 9.97. The van der Waals surface area contributed by atoms with Gasteiger partial charge in [-0.3, -0.25) is 14.5 Å². The maximum Gasteiger partial charge on any atom is 0.244 e. The van der Waals surface area contributed by atoms with Crippen LogP contribution in [0.25, 0.3) is 17.0 Å². The number of ether oxygens (including phenoxy) is 1. The molecule has 0 radical (unpaired) electrons. The normalized spacial score (nSPS) is 15.4. The van der Waals surface area contributed by atoms with E-state index in [4.69, 9.17) is 4.74 Å². The topological polar surface area (TPSA) is 83.6 Å². The number of likely N-dealkylation sites (tertiary alicyclic amines) is 1. The van der Waals surface area contributed by atoms with Crippen molar-refractivity contribution in [2.45, 2.75) is 32.2 Å². The number of likely N-dealkylation sites (N-methyl/N-ethyl adjacent to an activating group) is 1. The van der Waals surface area contributed by atoms with E-state index in [-0.39, 0.29) is 17.9 Å². The number of fused-ring (bicyclic) bond motifs is 1. The van der Waals surface area contributed by atoms with Gasteiger partial charge in [0.1, 0.15) is 0 Å². The third-order valence-electron chi connectivity index (χ3n) is 5.15. The van der Waals surface area contributed by atoms with E-state index in [2.05, 4.69) is 20.5 Å². The number of para-hydroxylation sites is 1. The van der Waals surface area contributed by atoms with Crippen molar-refractivity contribution in [3.63, 3.8) is 0 Å². The zero-order chi connectivity index (χ0) is 21.3. The first-order valence-electron chi connectivity index (χ1n) is 10.5. The molecule has 2 heterocycles. The van der Waals surface area contributed by atoms with Crippen LogP contribution in [-0.4, -0.2) is 61.0 Å². The summed E-state index contributed by atoms with van der Waals surface area (Å²) < 4.78 is 5.80. The third-order valence-corrected chi connectivity index (χ3v) is 5.15. The smallest absolute Gasteiger partial charge is 0.244 e. The highest BCUT2D eigenvalue weighted by molar-refractivity contribution is 5.93. The summed E-state index contributed by atoms with van der Waals surface area (Å²) in [5.74, 6) is 0.432. The van der Waals surface area contributed by atoms with Crippen molar-refractivity contribution in [3.8, 4) is 5.88 Å². The molecule has 2 aromatic rings. The Morgan fingerprint density at radius 2 is 2.03 bits per heavy atom. The Morgan fingerprint density at radius 3 is 2.77 bits per heavy atom. The second kappa shape index (κ2) is 10.7. The zero-order valence-electron chi connectivity index (χ0n) is 17.7. The fraction of sp³-hybridized carbons (Fsp3) is 0.435. The number of carbonyl (C=O) groups is 2. The van der Waals surface area contributed by atoms with Gasteiger partial charge in [0, 0.05) is 43.2 Å². The molecule has 7 nitrogen and oxygen atoms in total. The number of amides is 2. The molecule has 1 aromatic heterocycles. The van der Waals surface area contributed by atoms with Crippen molar-refractivity contribution in [1.82, 2.24) is 20.5 Å². The molecule has 0 saturated carbocycles. The summed E-state index contributed by atoms with van der Waals surface area (Å²) in [6.45, 7) is 4.63. The number of aromatic nitrogens is 1. The van der Waals surface area contributed by atoms with Gasteiger partial charge in [0.25, 0.3) is 0 Å². The predicted octanol–water partition coefficient (Wildman–Crippen LogP) is 2.36. The molecule has 1 fully saturated rings. The first-order chi connectivity index (χ1) is 14.6. The molecule has 0 aliphatic carbocycles. The number of nitrogens with zero attached hydrogens (tertiary/aromatic N) is 2. The fourth-order valence-electron chi connectivity index (χ4n) is 3.48. The van der Waals surface area contributed by atoms with Crippen LogP contribution in [0.15, 0.2) is 36.4 Å². The summed E-state index contributed by atoms with van der Waals surface area (Å²) >= 11 is 0. The van der Waals surface area contributed by atoms with Gasteiger partial charge in [0.05, 0.1) is 18.7 Å². The van der Waals surface area contributed by atoms with Crippen LogP contribution >= 0.6 is 0 Å². The molecule has 1 aromatic carbocycles. The molecule has 30 heavy (non-hydrogen) atoms. The Morgan fingerprint density at radius 1 is 1.27 bits per heavy atom. The second-order valence-corrected chi connectivity index (χ2v) is 7.49. The standard InChI is InChI=1S/C23H30N4O3/c1-3-14-30-23-18(15-17-6-4-5-7-20(17)26-23)8-9-21(28)25-19-10-12-27(13-11-19)16-22(29)24-2/h4-9,15,19H,3,10-14,16H2,1-2H3,(H,24,29)(H,25,28)/b9-8+. The molecule has 160 valence electrons. The molecule has 3 rings (SSSR count). The Hall–Kier alpha value is -2.93. The predicted molar refractivity (Wildman–Crippen MR) is 118 cm³/mol. The average Bonchev–Trinajstić information content (AvgIpc) is 2.77. The van der Waals surface area contributed by atoms with Crippen molar-refractivity contribution in [3.05, 3.63) is 42.0 Å². The molecule has 0 unspecified atom stereocenters. The molecule has 0 atom stereocenters. The van der Waals surface area contributed by atoms with E-state index in [0.29, 0.717) is 19.0 Å². The van der Waals surface area contributed by atoms with Gasteiger partial charge in [-0.15, -0.1) is 0 Å². The highest BCUT2D eigenvalue weighted by Gasteiger charge is 2.21. The quantitative estimate of drug-likeness (QED) is 0.653. The largest absolute Gasteiger partial charge is 0.477 e. The molecule has 1 aliphatic heterocycles. The van der Waals surface area contributed by atoms with Crippen molar-refractivity contribution in [2.75, 3.05) is 33.3 Å². The molecule has 1 aliphatic rings. The first kappa shape index (κ1) is 21.8. The SMILES string of the molecule is CCCOc1nc2ccccc2cc1/C=C/C(=O)NC1CCN(CC(=O)NC)CC1. The van der Waals surface area contributed by atoms with Gasteiger partial charge < -0.3 is 15.4 Å². The lowest BCUT2D eigenvalue weighted by Crippen LogP contribution is -2.46. The van der Waals surface area contributed by atoms with Crippen LogP contribution in [0.1, 0.15) is 31.7 Å². The van der Waals surface area contributed by atoms with E-state index in [1.165, 1.54) is 0 Å². The Balaban J connectivity index is 1.60. The molecule has 2 N–H and O–H groups in total. The highest BCUT2D eigenvalue weighted by atomic mass is 16.5. The van der Waals surface area contributed by atoms with Crippen LogP contribution in [0.5, 0.6) is 5.88 Å². The lowest BCUT2D eigenvalue weighted by molar-refractivity contribution is -0.122. The summed E-state index contributed by atoms with van der Waals surface area (Å²) in [6.07, 6.45) is 5.86. The molecule has 2 amide bonds. The minimum Gasteiger partial charge on any atom is -0.477 e. The second-order valence-electron chi connectivity index (χ2n) is 7.49. The molecular formula is C23H30N4O3. The van der Waals surface area contributed by atoms with Crippen LogP contribution in [0.2, 0.25) is 0 Å². The lowest BCUT2D eigenvalue weighted by atomic mass is 10.0. The number of carbonyl (C=O) groups excluding carboxylic acids is 2. The summed E-state index contributed by atoms with van der Waals surface area (Å²) in [5, 5.41) is 6.71. The van der Waals surface area contributed by atoms with Crippen molar-refractivity contribution >= 4 is 28.8 Å². The van der Waals surface area contributed by atoms with Gasteiger partial charge in [-0.2, -0.15) is 0 Å². The highest BCUT2D eigenvalue weighted by Crippen LogP contribution is 2.23. The number of hydrogen-bond donors (Lipinski definition) is 2. The zero-order valence-corrected chi connectivity index (χ0v) is 17.7. The molecule has 0 spiro atoms. The number of pyridine rings is 1. The van der Waals surface area contributed by atoms with Gasteiger partial charge in [-0.05, 0) is 37.5 Å². The van der Waals surface area contributed by atoms with Crippen molar-refractivity contribution < 1.29 is 14.3 Å². The molecule has 1 saturated heterocycles. The number of benzene rings is 1. The van der Waals surface area contributed by atoms with E-state index in [0.717, 1.165) is 48.8 Å². The molecular weight excluding hydrogens is 380 g/mol. The molecule has 7 heteroatoms. The van der Waals surface area contributed by atoms with Crippen LogP contribution in [0, 0.1) is 0 Å². The summed E-state index contributed by atoms with van der Waals surface area (Å²) in [4.78, 5) is 30.6. The Labute approximate surface area is 177 Å². The fourth-order valence-corrected chi connectivity index (χ4v) is 3.48. The van der Waals surface area contributed by atoms with E-state index >= 15 is 0 Å². The summed E-state index contributed by atoms with van der Waals surface area (Å²) in [7, 11) is 1.64. The van der Waals surface area contributed by atoms with Gasteiger partial charge >= 0.3 is 0 Å². The van der Waals surface area contributed by atoms with Crippen LogP contribution in [0.4, 0.5) is 0 Å². The number of piperidine rings is 1. The molecule has 0 bridgehead atoms. The Kier molecular flexibility index (Phi) is 7.79. The van der Waals surface area contributed by atoms with Gasteiger partial charge in [0.2, 0.25) is 17.7 Å². The van der Waals surface area contributed by atoms with Crippen molar-refractivity contribution in [1.29, 1.82) is 0 Å². The monoisotopic (exact) mass is 410 g/mol. The van der Waals surface area contributed by atoms with E-state index in [9.17, 15) is 9.59 Å². The van der Waals surface area contributed by atoms with Gasteiger partial charge in [0.15, 0.2) is 0 Å². The number of nitrogens with one attached hydrogen (secondary N) is 2. The van der Waals surface area contributed by atoms with E-state index < -0.39 is 0 Å². The maximum absolute atomic E-state index is 12.4. The minimum atomic E-state index is -0.130. The van der Waals surface area contributed by atoms with E-state index in [1.54, 1.807) is 19.2 Å². The lowest BCUT2D eigenvalue weighted by Gasteiger charge is -2.31. The third kappa shape index (κ3) is 6.03.